The van der Waals surface area contributed by atoms with Crippen molar-refractivity contribution in [2.45, 2.75) is 12.5 Å². The Bertz CT molecular complexity index is 93.7. The van der Waals surface area contributed by atoms with Gasteiger partial charge in [0.2, 0.25) is 0 Å². The monoisotopic (exact) mass is 161 g/mol. The predicted molar refractivity (Wildman–Crippen MR) is 40.2 cm³/mol. The third kappa shape index (κ3) is 3.67. The van der Waals surface area contributed by atoms with Crippen LogP contribution >= 0.6 is 0 Å². The Morgan fingerprint density at radius 1 is 1.55 bits per heavy atom. The topological polar surface area (TPSA) is 53.7 Å². The summed E-state index contributed by atoms with van der Waals surface area (Å²) in [4.78, 5) is 0. The van der Waals surface area contributed by atoms with Crippen LogP contribution in [0.3, 0.4) is 0 Å². The molecular weight excluding hydrogens is 146 g/mol. The summed E-state index contributed by atoms with van der Waals surface area (Å²) in [6.07, 6.45) is 1.04. The van der Waals surface area contributed by atoms with Gasteiger partial charge in [-0.25, -0.2) is 0 Å². The number of ether oxygens (including phenoxy) is 3. The molecule has 11 heavy (non-hydrogen) atoms. The van der Waals surface area contributed by atoms with Gasteiger partial charge in [-0.2, -0.15) is 0 Å². The zero-order valence-corrected chi connectivity index (χ0v) is 6.62. The van der Waals surface area contributed by atoms with Crippen LogP contribution in [0.25, 0.3) is 0 Å². The van der Waals surface area contributed by atoms with Crippen LogP contribution in [-0.2, 0) is 14.2 Å². The Balaban J connectivity index is 1.86. The second-order valence-corrected chi connectivity index (χ2v) is 2.49. The molecule has 0 bridgehead atoms. The highest BCUT2D eigenvalue weighted by Crippen LogP contribution is 2.02. The van der Waals surface area contributed by atoms with Gasteiger partial charge in [-0.05, 0) is 13.0 Å². The fraction of sp³-hybridized carbons (Fsp3) is 1.00. The summed E-state index contributed by atoms with van der Waals surface area (Å²) in [7, 11) is 0. The third-order valence-corrected chi connectivity index (χ3v) is 1.49. The van der Waals surface area contributed by atoms with Crippen LogP contribution in [0.5, 0.6) is 0 Å². The molecule has 2 N–H and O–H groups in total. The number of rotatable bonds is 5. The summed E-state index contributed by atoms with van der Waals surface area (Å²) in [6.45, 7) is 3.09. The lowest BCUT2D eigenvalue weighted by Gasteiger charge is -2.07. The van der Waals surface area contributed by atoms with Crippen molar-refractivity contribution in [1.29, 1.82) is 0 Å². The van der Waals surface area contributed by atoms with Crippen LogP contribution < -0.4 is 5.73 Å². The van der Waals surface area contributed by atoms with Crippen molar-refractivity contribution in [3.05, 3.63) is 0 Å². The second kappa shape index (κ2) is 5.49. The summed E-state index contributed by atoms with van der Waals surface area (Å²) < 4.78 is 15.4. The van der Waals surface area contributed by atoms with E-state index in [4.69, 9.17) is 19.9 Å². The van der Waals surface area contributed by atoms with E-state index in [0.29, 0.717) is 26.6 Å². The average Bonchev–Trinajstić information content (AvgIpc) is 2.50. The van der Waals surface area contributed by atoms with Gasteiger partial charge in [-0.1, -0.05) is 0 Å². The number of nitrogens with two attached hydrogens (primary N) is 1. The van der Waals surface area contributed by atoms with Crippen LogP contribution in [0.1, 0.15) is 6.42 Å². The molecule has 66 valence electrons. The number of hydrogen-bond donors (Lipinski definition) is 1. The van der Waals surface area contributed by atoms with Gasteiger partial charge in [0.25, 0.3) is 0 Å². The highest BCUT2D eigenvalue weighted by Gasteiger charge is 2.15. The molecule has 0 radical (unpaired) electrons. The van der Waals surface area contributed by atoms with Crippen molar-refractivity contribution in [3.63, 3.8) is 0 Å². The van der Waals surface area contributed by atoms with Gasteiger partial charge in [0.05, 0.1) is 13.2 Å². The molecule has 1 atom stereocenters. The van der Waals surface area contributed by atoms with E-state index in [9.17, 15) is 0 Å². The lowest BCUT2D eigenvalue weighted by Crippen LogP contribution is -2.18. The first-order chi connectivity index (χ1) is 5.43. The first-order valence-electron chi connectivity index (χ1n) is 3.90. The van der Waals surface area contributed by atoms with Gasteiger partial charge < -0.3 is 19.9 Å². The lowest BCUT2D eigenvalue weighted by molar-refractivity contribution is 0.00510. The molecular formula is C7H15NO3. The summed E-state index contributed by atoms with van der Waals surface area (Å²) in [6, 6.07) is 0. The summed E-state index contributed by atoms with van der Waals surface area (Å²) in [5.74, 6) is 0. The summed E-state index contributed by atoms with van der Waals surface area (Å²) in [5.41, 5.74) is 5.29. The van der Waals surface area contributed by atoms with Crippen molar-refractivity contribution in [1.82, 2.24) is 0 Å². The first-order valence-corrected chi connectivity index (χ1v) is 3.90. The van der Waals surface area contributed by atoms with E-state index in [2.05, 4.69) is 0 Å². The zero-order valence-electron chi connectivity index (χ0n) is 6.62. The Hall–Kier alpha value is -0.160. The Kier molecular flexibility index (Phi) is 4.45. The Morgan fingerprint density at radius 2 is 2.45 bits per heavy atom. The molecule has 1 aliphatic rings. The summed E-state index contributed by atoms with van der Waals surface area (Å²) in [5, 5.41) is 0. The van der Waals surface area contributed by atoms with Gasteiger partial charge >= 0.3 is 0 Å². The minimum Gasteiger partial charge on any atom is -0.379 e. The van der Waals surface area contributed by atoms with Crippen molar-refractivity contribution < 1.29 is 14.2 Å². The SMILES string of the molecule is NCCCOC[C@@H]1COCO1. The van der Waals surface area contributed by atoms with E-state index in [1.807, 2.05) is 0 Å². The molecule has 0 amide bonds. The molecule has 1 saturated heterocycles. The third-order valence-electron chi connectivity index (χ3n) is 1.49. The Labute approximate surface area is 66.6 Å². The van der Waals surface area contributed by atoms with Gasteiger partial charge in [0, 0.05) is 6.61 Å². The first kappa shape index (κ1) is 8.93. The van der Waals surface area contributed by atoms with Crippen LogP contribution in [0.2, 0.25) is 0 Å². The van der Waals surface area contributed by atoms with Crippen LogP contribution in [0, 0.1) is 0 Å². The molecule has 0 spiro atoms. The van der Waals surface area contributed by atoms with E-state index in [-0.39, 0.29) is 6.10 Å². The Morgan fingerprint density at radius 3 is 3.09 bits per heavy atom. The van der Waals surface area contributed by atoms with Gasteiger partial charge in [-0.15, -0.1) is 0 Å². The van der Waals surface area contributed by atoms with Crippen LogP contribution in [-0.4, -0.2) is 39.3 Å². The van der Waals surface area contributed by atoms with Crippen molar-refractivity contribution in [2.75, 3.05) is 33.2 Å². The maximum atomic E-state index is 5.29. The standard InChI is InChI=1S/C7H15NO3/c8-2-1-3-9-4-7-5-10-6-11-7/h7H,1-6,8H2/t7-/m1/s1. The molecule has 0 unspecified atom stereocenters. The molecule has 1 rings (SSSR count). The lowest BCUT2D eigenvalue weighted by atomic mass is 10.4. The quantitative estimate of drug-likeness (QED) is 0.564. The van der Waals surface area contributed by atoms with Crippen LogP contribution in [0.15, 0.2) is 0 Å². The van der Waals surface area contributed by atoms with E-state index < -0.39 is 0 Å². The smallest absolute Gasteiger partial charge is 0.147 e. The van der Waals surface area contributed by atoms with Gasteiger partial charge in [0.15, 0.2) is 0 Å². The molecule has 1 aliphatic heterocycles. The predicted octanol–water partition coefficient (Wildman–Crippen LogP) is -0.275. The largest absolute Gasteiger partial charge is 0.379 e. The molecule has 0 saturated carbocycles. The molecule has 0 aromatic heterocycles. The van der Waals surface area contributed by atoms with Gasteiger partial charge in [0.1, 0.15) is 12.9 Å². The molecule has 0 aliphatic carbocycles. The maximum absolute atomic E-state index is 5.29. The second-order valence-electron chi connectivity index (χ2n) is 2.49. The van der Waals surface area contributed by atoms with Crippen LogP contribution in [0.4, 0.5) is 0 Å². The highest BCUT2D eigenvalue weighted by atomic mass is 16.7. The molecule has 4 nitrogen and oxygen atoms in total. The fourth-order valence-corrected chi connectivity index (χ4v) is 0.868. The maximum Gasteiger partial charge on any atom is 0.147 e. The molecule has 4 heteroatoms. The van der Waals surface area contributed by atoms with Crippen molar-refractivity contribution in [3.8, 4) is 0 Å². The van der Waals surface area contributed by atoms with Crippen molar-refractivity contribution >= 4 is 0 Å². The highest BCUT2D eigenvalue weighted by molar-refractivity contribution is 4.57. The molecule has 1 heterocycles. The fourth-order valence-electron chi connectivity index (χ4n) is 0.868. The van der Waals surface area contributed by atoms with E-state index in [1.54, 1.807) is 0 Å². The van der Waals surface area contributed by atoms with Gasteiger partial charge in [-0.3, -0.25) is 0 Å². The van der Waals surface area contributed by atoms with Crippen molar-refractivity contribution in [2.24, 2.45) is 5.73 Å². The molecule has 0 aromatic carbocycles. The number of hydrogen-bond acceptors (Lipinski definition) is 4. The van der Waals surface area contributed by atoms with E-state index in [0.717, 1.165) is 13.0 Å². The minimum absolute atomic E-state index is 0.132. The van der Waals surface area contributed by atoms with E-state index >= 15 is 0 Å². The molecule has 0 aromatic rings. The normalized spacial score (nSPS) is 24.3. The average molecular weight is 161 g/mol. The van der Waals surface area contributed by atoms with E-state index in [1.165, 1.54) is 0 Å². The zero-order chi connectivity index (χ0) is 7.94. The minimum atomic E-state index is 0.132. The molecule has 1 fully saturated rings. The summed E-state index contributed by atoms with van der Waals surface area (Å²) >= 11 is 0.